The zero-order valence-electron chi connectivity index (χ0n) is 10.7. The fourth-order valence-electron chi connectivity index (χ4n) is 1.42. The molecule has 96 valence electrons. The molecule has 1 heterocycles. The molecule has 1 aromatic carbocycles. The van der Waals surface area contributed by atoms with E-state index in [1.807, 2.05) is 18.2 Å². The van der Waals surface area contributed by atoms with Crippen molar-refractivity contribution in [2.45, 2.75) is 36.3 Å². The van der Waals surface area contributed by atoms with Gasteiger partial charge in [-0.15, -0.1) is 11.3 Å². The van der Waals surface area contributed by atoms with Crippen LogP contribution in [0.3, 0.4) is 0 Å². The summed E-state index contributed by atoms with van der Waals surface area (Å²) in [5.41, 5.74) is 2.45. The molecule has 0 radical (unpaired) electrons. The van der Waals surface area contributed by atoms with Gasteiger partial charge < -0.3 is 0 Å². The van der Waals surface area contributed by atoms with Crippen molar-refractivity contribution in [2.75, 3.05) is 0 Å². The molecule has 2 aromatic rings. The quantitative estimate of drug-likeness (QED) is 0.705. The topological polar surface area (TPSA) is 12.9 Å². The van der Waals surface area contributed by atoms with E-state index in [1.54, 1.807) is 23.1 Å². The monoisotopic (exact) mass is 297 g/mol. The molecule has 0 unspecified atom stereocenters. The predicted octanol–water partition coefficient (Wildman–Crippen LogP) is 5.39. The summed E-state index contributed by atoms with van der Waals surface area (Å²) in [4.78, 5) is 4.66. The standard InChI is InChI=1S/C14H16ClNS2/c1-14(2,3)12-9-18-13(16-12)17-8-10-6-4-5-7-11(10)15/h4-7,9H,8H2,1-3H3. The summed E-state index contributed by atoms with van der Waals surface area (Å²) < 4.78 is 1.11. The van der Waals surface area contributed by atoms with E-state index < -0.39 is 0 Å². The third kappa shape index (κ3) is 3.50. The van der Waals surface area contributed by atoms with Crippen molar-refractivity contribution in [3.8, 4) is 0 Å². The van der Waals surface area contributed by atoms with Gasteiger partial charge in [0.25, 0.3) is 0 Å². The molecule has 1 aromatic heterocycles. The summed E-state index contributed by atoms with van der Waals surface area (Å²) in [7, 11) is 0. The summed E-state index contributed by atoms with van der Waals surface area (Å²) >= 11 is 9.60. The van der Waals surface area contributed by atoms with Gasteiger partial charge in [0.2, 0.25) is 0 Å². The van der Waals surface area contributed by atoms with Crippen molar-refractivity contribution in [2.24, 2.45) is 0 Å². The van der Waals surface area contributed by atoms with Crippen LogP contribution < -0.4 is 0 Å². The highest BCUT2D eigenvalue weighted by Gasteiger charge is 2.17. The molecule has 0 amide bonds. The molecule has 1 nitrogen and oxygen atoms in total. The number of thioether (sulfide) groups is 1. The Hall–Kier alpha value is -0.510. The number of benzene rings is 1. The van der Waals surface area contributed by atoms with Gasteiger partial charge in [-0.2, -0.15) is 0 Å². The van der Waals surface area contributed by atoms with Crippen molar-refractivity contribution in [1.82, 2.24) is 4.98 Å². The predicted molar refractivity (Wildman–Crippen MR) is 81.8 cm³/mol. The normalized spacial score (nSPS) is 11.8. The SMILES string of the molecule is CC(C)(C)c1csc(SCc2ccccc2Cl)n1. The Morgan fingerprint density at radius 3 is 2.61 bits per heavy atom. The summed E-state index contributed by atoms with van der Waals surface area (Å²) in [6, 6.07) is 7.97. The maximum absolute atomic E-state index is 6.14. The van der Waals surface area contributed by atoms with E-state index in [1.165, 1.54) is 0 Å². The molecule has 0 fully saturated rings. The lowest BCUT2D eigenvalue weighted by molar-refractivity contribution is 0.569. The van der Waals surface area contributed by atoms with Crippen LogP contribution in [0.1, 0.15) is 32.0 Å². The second-order valence-electron chi connectivity index (χ2n) is 5.13. The zero-order chi connectivity index (χ0) is 13.2. The largest absolute Gasteiger partial charge is 0.234 e. The van der Waals surface area contributed by atoms with Crippen LogP contribution in [0.2, 0.25) is 5.02 Å². The number of halogens is 1. The molecular weight excluding hydrogens is 282 g/mol. The van der Waals surface area contributed by atoms with Crippen LogP contribution in [-0.2, 0) is 11.2 Å². The maximum atomic E-state index is 6.14. The molecule has 4 heteroatoms. The molecule has 18 heavy (non-hydrogen) atoms. The third-order valence-electron chi connectivity index (χ3n) is 2.56. The van der Waals surface area contributed by atoms with E-state index in [0.717, 1.165) is 26.4 Å². The van der Waals surface area contributed by atoms with Crippen LogP contribution in [0.25, 0.3) is 0 Å². The first-order valence-electron chi connectivity index (χ1n) is 5.79. The fraction of sp³-hybridized carbons (Fsp3) is 0.357. The van der Waals surface area contributed by atoms with Gasteiger partial charge in [0.05, 0.1) is 5.69 Å². The molecule has 0 aliphatic heterocycles. The number of aromatic nitrogens is 1. The minimum Gasteiger partial charge on any atom is -0.234 e. The highest BCUT2D eigenvalue weighted by molar-refractivity contribution is 8.00. The second kappa shape index (κ2) is 5.64. The van der Waals surface area contributed by atoms with E-state index in [9.17, 15) is 0 Å². The smallest absolute Gasteiger partial charge is 0.150 e. The fourth-order valence-corrected chi connectivity index (χ4v) is 3.76. The molecule has 0 saturated heterocycles. The van der Waals surface area contributed by atoms with E-state index in [2.05, 4.69) is 37.2 Å². The summed E-state index contributed by atoms with van der Waals surface area (Å²) in [5, 5.41) is 2.98. The molecule has 0 aliphatic rings. The molecule has 0 bridgehead atoms. The average molecular weight is 298 g/mol. The van der Waals surface area contributed by atoms with Crippen LogP contribution in [0, 0.1) is 0 Å². The Labute approximate surface area is 122 Å². The van der Waals surface area contributed by atoms with Crippen molar-refractivity contribution < 1.29 is 0 Å². The van der Waals surface area contributed by atoms with Gasteiger partial charge in [-0.1, -0.05) is 62.3 Å². The summed E-state index contributed by atoms with van der Waals surface area (Å²) in [6.45, 7) is 6.56. The Kier molecular flexibility index (Phi) is 4.36. The molecule has 0 spiro atoms. The van der Waals surface area contributed by atoms with Gasteiger partial charge in [0, 0.05) is 21.6 Å². The van der Waals surface area contributed by atoms with Crippen LogP contribution in [0.5, 0.6) is 0 Å². The lowest BCUT2D eigenvalue weighted by Crippen LogP contribution is -2.11. The highest BCUT2D eigenvalue weighted by Crippen LogP contribution is 2.32. The van der Waals surface area contributed by atoms with Crippen molar-refractivity contribution in [3.05, 3.63) is 45.9 Å². The number of nitrogens with zero attached hydrogens (tertiary/aromatic N) is 1. The van der Waals surface area contributed by atoms with Gasteiger partial charge in [0.1, 0.15) is 4.34 Å². The van der Waals surface area contributed by atoms with Gasteiger partial charge in [-0.3, -0.25) is 0 Å². The van der Waals surface area contributed by atoms with Gasteiger partial charge in [0.15, 0.2) is 0 Å². The molecule has 2 rings (SSSR count). The molecule has 0 N–H and O–H groups in total. The van der Waals surface area contributed by atoms with Gasteiger partial charge in [-0.05, 0) is 11.6 Å². The Bertz CT molecular complexity index is 529. The highest BCUT2D eigenvalue weighted by atomic mass is 35.5. The van der Waals surface area contributed by atoms with E-state index >= 15 is 0 Å². The first-order chi connectivity index (χ1) is 8.47. The lowest BCUT2D eigenvalue weighted by Gasteiger charge is -2.14. The zero-order valence-corrected chi connectivity index (χ0v) is 13.1. The minimum absolute atomic E-state index is 0.125. The first-order valence-corrected chi connectivity index (χ1v) is 8.03. The van der Waals surface area contributed by atoms with E-state index in [0.29, 0.717) is 0 Å². The average Bonchev–Trinajstić information content (AvgIpc) is 2.76. The Balaban J connectivity index is 2.03. The first kappa shape index (κ1) is 13.9. The lowest BCUT2D eigenvalue weighted by atomic mass is 9.93. The van der Waals surface area contributed by atoms with E-state index in [4.69, 9.17) is 11.6 Å². The number of thiazole rings is 1. The summed E-state index contributed by atoms with van der Waals surface area (Å²) in [6.07, 6.45) is 0. The van der Waals surface area contributed by atoms with Crippen molar-refractivity contribution in [1.29, 1.82) is 0 Å². The maximum Gasteiger partial charge on any atom is 0.150 e. The van der Waals surface area contributed by atoms with E-state index in [-0.39, 0.29) is 5.41 Å². The van der Waals surface area contributed by atoms with Crippen LogP contribution in [-0.4, -0.2) is 4.98 Å². The second-order valence-corrected chi connectivity index (χ2v) is 7.62. The number of hydrogen-bond donors (Lipinski definition) is 0. The Morgan fingerprint density at radius 1 is 1.28 bits per heavy atom. The third-order valence-corrected chi connectivity index (χ3v) is 5.00. The van der Waals surface area contributed by atoms with Gasteiger partial charge >= 0.3 is 0 Å². The molecule has 0 atom stereocenters. The number of hydrogen-bond acceptors (Lipinski definition) is 3. The van der Waals surface area contributed by atoms with Crippen molar-refractivity contribution >= 4 is 34.7 Å². The number of rotatable bonds is 3. The van der Waals surface area contributed by atoms with Crippen LogP contribution in [0.4, 0.5) is 0 Å². The minimum atomic E-state index is 0.125. The molecule has 0 aliphatic carbocycles. The van der Waals surface area contributed by atoms with Gasteiger partial charge in [-0.25, -0.2) is 4.98 Å². The van der Waals surface area contributed by atoms with Crippen LogP contribution >= 0.6 is 34.7 Å². The summed E-state index contributed by atoms with van der Waals surface area (Å²) in [5.74, 6) is 0.872. The Morgan fingerprint density at radius 2 is 2.00 bits per heavy atom. The molecular formula is C14H16ClNS2. The van der Waals surface area contributed by atoms with Crippen molar-refractivity contribution in [3.63, 3.8) is 0 Å². The van der Waals surface area contributed by atoms with Crippen LogP contribution in [0.15, 0.2) is 34.0 Å². The molecule has 0 saturated carbocycles.